The topological polar surface area (TPSA) is 32.5 Å². The summed E-state index contributed by atoms with van der Waals surface area (Å²) in [7, 11) is 2.25. The fraction of sp³-hybridized carbons (Fsp3) is 1.00. The van der Waals surface area contributed by atoms with Crippen molar-refractivity contribution in [2.45, 2.75) is 45.6 Å². The van der Waals surface area contributed by atoms with Gasteiger partial charge in [-0.2, -0.15) is 0 Å². The van der Waals surface area contributed by atoms with Crippen LogP contribution < -0.4 is 5.73 Å². The lowest BCUT2D eigenvalue weighted by Gasteiger charge is -2.33. The van der Waals surface area contributed by atoms with E-state index in [1.807, 2.05) is 0 Å². The monoisotopic (exact) mass is 241 g/mol. The Bertz CT molecular complexity index is 196. The normalized spacial score (nSPS) is 25.8. The van der Waals surface area contributed by atoms with Crippen molar-refractivity contribution >= 4 is 0 Å². The third-order valence-corrected chi connectivity index (χ3v) is 4.02. The minimum absolute atomic E-state index is 0.692. The molecule has 0 spiro atoms. The van der Waals surface area contributed by atoms with Crippen LogP contribution in [0.1, 0.15) is 39.5 Å². The van der Waals surface area contributed by atoms with Crippen molar-refractivity contribution in [2.24, 2.45) is 11.7 Å². The van der Waals surface area contributed by atoms with Crippen LogP contribution in [0.25, 0.3) is 0 Å². The largest absolute Gasteiger partial charge is 0.330 e. The van der Waals surface area contributed by atoms with Crippen LogP contribution >= 0.6 is 0 Å². The highest BCUT2D eigenvalue weighted by molar-refractivity contribution is 4.79. The Labute approximate surface area is 107 Å². The van der Waals surface area contributed by atoms with Crippen molar-refractivity contribution in [1.29, 1.82) is 0 Å². The number of nitrogens with zero attached hydrogens (tertiary/aromatic N) is 2. The van der Waals surface area contributed by atoms with Gasteiger partial charge in [0.05, 0.1) is 0 Å². The molecule has 2 atom stereocenters. The lowest BCUT2D eigenvalue weighted by atomic mass is 10.0. The Kier molecular flexibility index (Phi) is 7.09. The summed E-state index contributed by atoms with van der Waals surface area (Å²) in [6.07, 6.45) is 5.09. The molecule has 1 heterocycles. The van der Waals surface area contributed by atoms with Crippen molar-refractivity contribution in [1.82, 2.24) is 9.80 Å². The second-order valence-corrected chi connectivity index (χ2v) is 5.56. The van der Waals surface area contributed by atoms with Crippen LogP contribution in [0.4, 0.5) is 0 Å². The molecule has 3 nitrogen and oxygen atoms in total. The molecular weight excluding hydrogens is 210 g/mol. The average molecular weight is 241 g/mol. The van der Waals surface area contributed by atoms with Gasteiger partial charge in [0.2, 0.25) is 0 Å². The third kappa shape index (κ3) is 4.94. The van der Waals surface area contributed by atoms with Gasteiger partial charge in [-0.1, -0.05) is 20.3 Å². The molecule has 3 heteroatoms. The molecule has 0 radical (unpaired) electrons. The summed E-state index contributed by atoms with van der Waals surface area (Å²) in [5.41, 5.74) is 5.89. The molecule has 2 N–H and O–H groups in total. The van der Waals surface area contributed by atoms with Crippen molar-refractivity contribution in [2.75, 3.05) is 39.8 Å². The summed E-state index contributed by atoms with van der Waals surface area (Å²) < 4.78 is 0. The Morgan fingerprint density at radius 3 is 2.65 bits per heavy atom. The molecule has 1 fully saturated rings. The Balaban J connectivity index is 2.52. The van der Waals surface area contributed by atoms with E-state index < -0.39 is 0 Å². The van der Waals surface area contributed by atoms with E-state index in [4.69, 9.17) is 5.73 Å². The van der Waals surface area contributed by atoms with E-state index >= 15 is 0 Å². The maximum Gasteiger partial charge on any atom is 0.0220 e. The fourth-order valence-corrected chi connectivity index (χ4v) is 2.94. The minimum atomic E-state index is 0.692. The lowest BCUT2D eigenvalue weighted by molar-refractivity contribution is 0.156. The molecule has 2 unspecified atom stereocenters. The van der Waals surface area contributed by atoms with Gasteiger partial charge in [-0.15, -0.1) is 0 Å². The predicted molar refractivity (Wildman–Crippen MR) is 75.2 cm³/mol. The van der Waals surface area contributed by atoms with Crippen LogP contribution in [0.2, 0.25) is 0 Å². The van der Waals surface area contributed by atoms with E-state index in [9.17, 15) is 0 Å². The van der Waals surface area contributed by atoms with Crippen molar-refractivity contribution in [3.05, 3.63) is 0 Å². The fourth-order valence-electron chi connectivity index (χ4n) is 2.94. The molecule has 0 aliphatic carbocycles. The summed E-state index contributed by atoms with van der Waals surface area (Å²) in [5.74, 6) is 0.692. The smallest absolute Gasteiger partial charge is 0.0220 e. The quantitative estimate of drug-likeness (QED) is 0.769. The molecule has 0 bridgehead atoms. The summed E-state index contributed by atoms with van der Waals surface area (Å²) >= 11 is 0. The minimum Gasteiger partial charge on any atom is -0.330 e. The molecule has 17 heavy (non-hydrogen) atoms. The van der Waals surface area contributed by atoms with Crippen molar-refractivity contribution < 1.29 is 0 Å². The zero-order valence-corrected chi connectivity index (χ0v) is 12.0. The molecule has 0 aromatic heterocycles. The summed E-state index contributed by atoms with van der Waals surface area (Å²) in [6.45, 7) is 10.3. The van der Waals surface area contributed by atoms with E-state index in [1.54, 1.807) is 0 Å². The number of nitrogens with two attached hydrogens (primary N) is 1. The Hall–Kier alpha value is -0.120. The second-order valence-electron chi connectivity index (χ2n) is 5.56. The SMILES string of the molecule is CCCC(CN)CN1CCCN(C)CC1CC. The molecule has 1 saturated heterocycles. The average Bonchev–Trinajstić information content (AvgIpc) is 2.50. The number of likely N-dealkylation sites (N-methyl/N-ethyl adjacent to an activating group) is 1. The van der Waals surface area contributed by atoms with Crippen molar-refractivity contribution in [3.63, 3.8) is 0 Å². The molecule has 0 aromatic carbocycles. The van der Waals surface area contributed by atoms with Gasteiger partial charge >= 0.3 is 0 Å². The first-order valence-electron chi connectivity index (χ1n) is 7.33. The van der Waals surface area contributed by atoms with Gasteiger partial charge in [-0.05, 0) is 51.9 Å². The van der Waals surface area contributed by atoms with E-state index in [-0.39, 0.29) is 0 Å². The Morgan fingerprint density at radius 1 is 1.29 bits per heavy atom. The van der Waals surface area contributed by atoms with Gasteiger partial charge in [0.25, 0.3) is 0 Å². The number of hydrogen-bond acceptors (Lipinski definition) is 3. The van der Waals surface area contributed by atoms with Gasteiger partial charge < -0.3 is 10.6 Å². The van der Waals surface area contributed by atoms with E-state index in [0.717, 1.165) is 12.6 Å². The summed E-state index contributed by atoms with van der Waals surface area (Å²) in [5, 5.41) is 0. The summed E-state index contributed by atoms with van der Waals surface area (Å²) in [6, 6.07) is 0.730. The van der Waals surface area contributed by atoms with Crippen LogP contribution in [-0.4, -0.2) is 55.6 Å². The molecule has 102 valence electrons. The first-order valence-corrected chi connectivity index (χ1v) is 7.33. The third-order valence-electron chi connectivity index (χ3n) is 4.02. The zero-order valence-electron chi connectivity index (χ0n) is 12.0. The molecular formula is C14H31N3. The van der Waals surface area contributed by atoms with E-state index in [0.29, 0.717) is 5.92 Å². The maximum absolute atomic E-state index is 5.89. The first-order chi connectivity index (χ1) is 8.21. The van der Waals surface area contributed by atoms with Crippen LogP contribution in [0.5, 0.6) is 0 Å². The molecule has 1 rings (SSSR count). The molecule has 0 aromatic rings. The highest BCUT2D eigenvalue weighted by atomic mass is 15.2. The molecule has 1 aliphatic rings. The molecule has 1 aliphatic heterocycles. The number of hydrogen-bond donors (Lipinski definition) is 1. The van der Waals surface area contributed by atoms with E-state index in [1.165, 1.54) is 51.9 Å². The first kappa shape index (κ1) is 14.9. The van der Waals surface area contributed by atoms with E-state index in [2.05, 4.69) is 30.7 Å². The van der Waals surface area contributed by atoms with Crippen LogP contribution in [0.15, 0.2) is 0 Å². The zero-order chi connectivity index (χ0) is 12.7. The molecule has 0 amide bonds. The van der Waals surface area contributed by atoms with Crippen LogP contribution in [0, 0.1) is 5.92 Å². The highest BCUT2D eigenvalue weighted by Crippen LogP contribution is 2.16. The van der Waals surface area contributed by atoms with Crippen molar-refractivity contribution in [3.8, 4) is 0 Å². The van der Waals surface area contributed by atoms with Gasteiger partial charge in [0, 0.05) is 19.1 Å². The second kappa shape index (κ2) is 8.06. The highest BCUT2D eigenvalue weighted by Gasteiger charge is 2.23. The van der Waals surface area contributed by atoms with Gasteiger partial charge in [0.1, 0.15) is 0 Å². The standard InChI is InChI=1S/C14H31N3/c1-4-7-13(10-15)11-17-9-6-8-16(3)12-14(17)5-2/h13-14H,4-12,15H2,1-3H3. The van der Waals surface area contributed by atoms with Crippen LogP contribution in [0.3, 0.4) is 0 Å². The number of rotatable bonds is 6. The summed E-state index contributed by atoms with van der Waals surface area (Å²) in [4.78, 5) is 5.17. The van der Waals surface area contributed by atoms with Gasteiger partial charge in [0.15, 0.2) is 0 Å². The Morgan fingerprint density at radius 2 is 2.06 bits per heavy atom. The predicted octanol–water partition coefficient (Wildman–Crippen LogP) is 1.78. The van der Waals surface area contributed by atoms with Crippen LogP contribution in [-0.2, 0) is 0 Å². The molecule has 0 saturated carbocycles. The van der Waals surface area contributed by atoms with Gasteiger partial charge in [-0.25, -0.2) is 0 Å². The maximum atomic E-state index is 5.89. The lowest BCUT2D eigenvalue weighted by Crippen LogP contribution is -2.43. The van der Waals surface area contributed by atoms with Gasteiger partial charge in [-0.3, -0.25) is 4.90 Å².